The monoisotopic (exact) mass is 460 g/mol. The van der Waals surface area contributed by atoms with Crippen LogP contribution in [0.4, 0.5) is 0 Å². The molecule has 0 bridgehead atoms. The van der Waals surface area contributed by atoms with Gasteiger partial charge < -0.3 is 15.2 Å². The summed E-state index contributed by atoms with van der Waals surface area (Å²) >= 11 is 5.98. The average molecular weight is 461 g/mol. The molecule has 0 aliphatic heterocycles. The van der Waals surface area contributed by atoms with Gasteiger partial charge in [0, 0.05) is 22.5 Å². The molecule has 0 atom stereocenters. The van der Waals surface area contributed by atoms with Crippen LogP contribution in [0.25, 0.3) is 0 Å². The van der Waals surface area contributed by atoms with Crippen LogP contribution in [0.2, 0.25) is 5.02 Å². The van der Waals surface area contributed by atoms with E-state index in [2.05, 4.69) is 5.32 Å². The minimum atomic E-state index is -0.970. The number of hydrogen-bond donors (Lipinski definition) is 2. The Balaban J connectivity index is 1.38. The Labute approximate surface area is 196 Å². The lowest BCUT2D eigenvalue weighted by atomic mass is 9.96. The fourth-order valence-corrected chi connectivity index (χ4v) is 3.84. The van der Waals surface area contributed by atoms with E-state index in [0.29, 0.717) is 34.2 Å². The van der Waals surface area contributed by atoms with Crippen molar-refractivity contribution in [2.75, 3.05) is 6.54 Å². The van der Waals surface area contributed by atoms with Crippen LogP contribution in [-0.4, -0.2) is 23.5 Å². The van der Waals surface area contributed by atoms with Crippen molar-refractivity contribution in [3.63, 3.8) is 0 Å². The molecule has 0 saturated heterocycles. The number of nitrogens with zero attached hydrogens (tertiary/aromatic N) is 1. The Morgan fingerprint density at radius 3 is 2.36 bits per heavy atom. The number of aliphatic carboxylic acids is 1. The van der Waals surface area contributed by atoms with Crippen molar-refractivity contribution in [2.24, 2.45) is 0 Å². The first-order valence-corrected chi connectivity index (χ1v) is 10.8. The molecule has 0 spiro atoms. The van der Waals surface area contributed by atoms with E-state index >= 15 is 0 Å². The summed E-state index contributed by atoms with van der Waals surface area (Å²) in [4.78, 5) is 23.5. The van der Waals surface area contributed by atoms with Crippen LogP contribution in [-0.2, 0) is 16.6 Å². The molecule has 1 saturated carbocycles. The van der Waals surface area contributed by atoms with Gasteiger partial charge in [0.2, 0.25) is 0 Å². The highest BCUT2D eigenvalue weighted by Crippen LogP contribution is 2.47. The van der Waals surface area contributed by atoms with Gasteiger partial charge in [-0.15, -0.1) is 0 Å². The normalized spacial score (nSPS) is 13.6. The van der Waals surface area contributed by atoms with Crippen molar-refractivity contribution in [1.29, 1.82) is 5.26 Å². The van der Waals surface area contributed by atoms with Gasteiger partial charge in [0.05, 0.1) is 12.0 Å². The number of ether oxygens (including phenoxy) is 1. The molecule has 0 aromatic heterocycles. The fraction of sp³-hybridized carbons (Fsp3) is 0.192. The van der Waals surface area contributed by atoms with Crippen molar-refractivity contribution in [3.05, 3.63) is 94.0 Å². The molecule has 1 fully saturated rings. The van der Waals surface area contributed by atoms with Gasteiger partial charge in [-0.05, 0) is 72.5 Å². The summed E-state index contributed by atoms with van der Waals surface area (Å²) in [5.41, 5.74) is 2.42. The topological polar surface area (TPSA) is 99.4 Å². The maximum Gasteiger partial charge on any atom is 0.307 e. The van der Waals surface area contributed by atoms with Gasteiger partial charge in [0.25, 0.3) is 5.91 Å². The number of halogens is 1. The number of benzene rings is 3. The van der Waals surface area contributed by atoms with E-state index in [1.807, 2.05) is 30.3 Å². The second kappa shape index (κ2) is 9.35. The first-order valence-electron chi connectivity index (χ1n) is 10.5. The predicted octanol–water partition coefficient (Wildman–Crippen LogP) is 5.09. The second-order valence-electron chi connectivity index (χ2n) is 8.11. The highest BCUT2D eigenvalue weighted by atomic mass is 35.5. The van der Waals surface area contributed by atoms with Crippen LogP contribution in [0.15, 0.2) is 66.7 Å². The van der Waals surface area contributed by atoms with Crippen molar-refractivity contribution < 1.29 is 19.4 Å². The van der Waals surface area contributed by atoms with Gasteiger partial charge in [0.1, 0.15) is 17.6 Å². The Bertz CT molecular complexity index is 1230. The van der Waals surface area contributed by atoms with Gasteiger partial charge in [-0.3, -0.25) is 9.59 Å². The van der Waals surface area contributed by atoms with E-state index in [0.717, 1.165) is 12.8 Å². The predicted molar refractivity (Wildman–Crippen MR) is 124 cm³/mol. The van der Waals surface area contributed by atoms with Crippen LogP contribution in [0.1, 0.15) is 39.9 Å². The summed E-state index contributed by atoms with van der Waals surface area (Å²) in [6, 6.07) is 21.1. The third-order valence-corrected chi connectivity index (χ3v) is 6.01. The molecule has 0 unspecified atom stereocenters. The van der Waals surface area contributed by atoms with E-state index in [4.69, 9.17) is 21.4 Å². The van der Waals surface area contributed by atoms with Crippen molar-refractivity contribution in [3.8, 4) is 17.6 Å². The Kier molecular flexibility index (Phi) is 6.34. The SMILES string of the molecule is N#Cc1cc(CC(=O)O)ccc1Oc1ccc(C(=O)NCC2(c3ccc(Cl)cc3)CC2)cc1. The summed E-state index contributed by atoms with van der Waals surface area (Å²) in [6.45, 7) is 0.555. The number of carboxylic acids is 1. The molecule has 3 aromatic rings. The lowest BCUT2D eigenvalue weighted by Crippen LogP contribution is -2.32. The quantitative estimate of drug-likeness (QED) is 0.487. The van der Waals surface area contributed by atoms with Gasteiger partial charge in [-0.1, -0.05) is 29.8 Å². The highest BCUT2D eigenvalue weighted by molar-refractivity contribution is 6.30. The van der Waals surface area contributed by atoms with Crippen LogP contribution >= 0.6 is 11.6 Å². The summed E-state index contributed by atoms with van der Waals surface area (Å²) in [5, 5.41) is 22.0. The van der Waals surface area contributed by atoms with E-state index < -0.39 is 5.97 Å². The summed E-state index contributed by atoms with van der Waals surface area (Å²) < 4.78 is 5.77. The number of nitrogens with one attached hydrogen (secondary N) is 1. The highest BCUT2D eigenvalue weighted by Gasteiger charge is 2.44. The summed E-state index contributed by atoms with van der Waals surface area (Å²) in [7, 11) is 0. The molecule has 1 amide bonds. The molecule has 2 N–H and O–H groups in total. The molecule has 166 valence electrons. The molecule has 0 heterocycles. The van der Waals surface area contributed by atoms with Crippen molar-refractivity contribution in [2.45, 2.75) is 24.7 Å². The lowest BCUT2D eigenvalue weighted by molar-refractivity contribution is -0.136. The van der Waals surface area contributed by atoms with Crippen LogP contribution in [0.5, 0.6) is 11.5 Å². The minimum Gasteiger partial charge on any atom is -0.481 e. The number of carbonyl (C=O) groups is 2. The third kappa shape index (κ3) is 5.33. The van der Waals surface area contributed by atoms with E-state index in [-0.39, 0.29) is 23.3 Å². The maximum atomic E-state index is 12.6. The van der Waals surface area contributed by atoms with E-state index in [1.165, 1.54) is 11.6 Å². The molecule has 7 heteroatoms. The molecule has 4 rings (SSSR count). The first kappa shape index (κ1) is 22.4. The van der Waals surface area contributed by atoms with Gasteiger partial charge in [-0.2, -0.15) is 5.26 Å². The minimum absolute atomic E-state index is 0.0240. The zero-order valence-corrected chi connectivity index (χ0v) is 18.4. The Morgan fingerprint density at radius 2 is 1.76 bits per heavy atom. The molecule has 1 aliphatic rings. The summed E-state index contributed by atoms with van der Waals surface area (Å²) in [5.74, 6) is -0.351. The number of amides is 1. The zero-order chi connectivity index (χ0) is 23.4. The maximum absolute atomic E-state index is 12.6. The largest absolute Gasteiger partial charge is 0.481 e. The molecule has 6 nitrogen and oxygen atoms in total. The third-order valence-electron chi connectivity index (χ3n) is 5.76. The van der Waals surface area contributed by atoms with E-state index in [9.17, 15) is 14.9 Å². The van der Waals surface area contributed by atoms with E-state index in [1.54, 1.807) is 36.4 Å². The Hall–Kier alpha value is -3.82. The van der Waals surface area contributed by atoms with Crippen LogP contribution < -0.4 is 10.1 Å². The van der Waals surface area contributed by atoms with Gasteiger partial charge in [0.15, 0.2) is 0 Å². The zero-order valence-electron chi connectivity index (χ0n) is 17.7. The smallest absolute Gasteiger partial charge is 0.307 e. The summed E-state index contributed by atoms with van der Waals surface area (Å²) in [6.07, 6.45) is 1.88. The second-order valence-corrected chi connectivity index (χ2v) is 8.55. The van der Waals surface area contributed by atoms with Gasteiger partial charge in [-0.25, -0.2) is 0 Å². The van der Waals surface area contributed by atoms with Crippen LogP contribution in [0.3, 0.4) is 0 Å². The molecular weight excluding hydrogens is 440 g/mol. The standard InChI is InChI=1S/C26H21ClN2O4/c27-21-6-4-20(5-7-21)26(11-12-26)16-29-25(32)18-2-8-22(9-3-18)33-23-10-1-17(14-24(30)31)13-19(23)15-28/h1-10,13H,11-12,14,16H2,(H,29,32)(H,30,31). The first-order chi connectivity index (χ1) is 15.9. The fourth-order valence-electron chi connectivity index (χ4n) is 3.71. The van der Waals surface area contributed by atoms with Crippen molar-refractivity contribution in [1.82, 2.24) is 5.32 Å². The van der Waals surface area contributed by atoms with Gasteiger partial charge >= 0.3 is 5.97 Å². The number of carboxylic acid groups (broad SMARTS) is 1. The molecule has 33 heavy (non-hydrogen) atoms. The van der Waals surface area contributed by atoms with Crippen molar-refractivity contribution >= 4 is 23.5 Å². The lowest BCUT2D eigenvalue weighted by Gasteiger charge is -2.17. The van der Waals surface area contributed by atoms with Crippen LogP contribution in [0, 0.1) is 11.3 Å². The molecule has 0 radical (unpaired) electrons. The number of carbonyl (C=O) groups excluding carboxylic acids is 1. The number of rotatable bonds is 8. The number of nitriles is 1. The Morgan fingerprint density at radius 1 is 1.06 bits per heavy atom. The number of hydrogen-bond acceptors (Lipinski definition) is 4. The average Bonchev–Trinajstić information content (AvgIpc) is 3.60. The molecular formula is C26H21ClN2O4. The molecule has 1 aliphatic carbocycles. The molecule has 3 aromatic carbocycles.